The van der Waals surface area contributed by atoms with Crippen LogP contribution in [0.25, 0.3) is 0 Å². The summed E-state index contributed by atoms with van der Waals surface area (Å²) in [4.78, 5) is 28.0. The Balaban J connectivity index is 1.64. The molecule has 3 amide bonds. The van der Waals surface area contributed by atoms with Gasteiger partial charge in [-0.25, -0.2) is 4.79 Å². The molecule has 0 aliphatic carbocycles. The Labute approximate surface area is 162 Å². The van der Waals surface area contributed by atoms with Crippen molar-refractivity contribution in [2.24, 2.45) is 0 Å². The Hall–Kier alpha value is -1.86. The molecule has 1 N–H and O–H groups in total. The van der Waals surface area contributed by atoms with Crippen LogP contribution in [-0.4, -0.2) is 67.5 Å². The summed E-state index contributed by atoms with van der Waals surface area (Å²) in [5.41, 5.74) is 0.731. The number of ether oxygens (including phenoxy) is 2. The summed E-state index contributed by atoms with van der Waals surface area (Å²) < 4.78 is 11.1. The number of fused-ring (bicyclic) bond motifs is 1. The van der Waals surface area contributed by atoms with Gasteiger partial charge in [-0.15, -0.1) is 23.2 Å². The van der Waals surface area contributed by atoms with Gasteiger partial charge in [0, 0.05) is 49.6 Å². The van der Waals surface area contributed by atoms with Gasteiger partial charge >= 0.3 is 6.03 Å². The highest BCUT2D eigenvalue weighted by Gasteiger charge is 2.33. The summed E-state index contributed by atoms with van der Waals surface area (Å²) in [6.45, 7) is 2.23. The fourth-order valence-corrected chi connectivity index (χ4v) is 3.45. The van der Waals surface area contributed by atoms with Gasteiger partial charge in [-0.3, -0.25) is 4.79 Å². The molecule has 1 fully saturated rings. The number of nitrogens with zero attached hydrogens (tertiary/aromatic N) is 2. The van der Waals surface area contributed by atoms with Gasteiger partial charge in [0.05, 0.1) is 6.04 Å². The molecule has 1 unspecified atom stereocenters. The number of rotatable bonds is 6. The van der Waals surface area contributed by atoms with Gasteiger partial charge < -0.3 is 24.6 Å². The third-order valence-corrected chi connectivity index (χ3v) is 4.62. The SMILES string of the molecule is O=C(NC1CC(=O)N(c2ccc3c(c2)OCCO3)C1)N(CCCl)CCCl. The first-order valence-electron chi connectivity index (χ1n) is 8.49. The summed E-state index contributed by atoms with van der Waals surface area (Å²) >= 11 is 11.5. The number of carbonyl (C=O) groups excluding carboxylic acids is 2. The van der Waals surface area contributed by atoms with Crippen LogP contribution in [0.4, 0.5) is 10.5 Å². The molecule has 1 aromatic carbocycles. The first-order valence-corrected chi connectivity index (χ1v) is 9.56. The van der Waals surface area contributed by atoms with E-state index in [9.17, 15) is 9.59 Å². The van der Waals surface area contributed by atoms with Crippen molar-refractivity contribution in [1.82, 2.24) is 10.2 Å². The molecule has 26 heavy (non-hydrogen) atoms. The molecule has 1 aromatic rings. The maximum atomic E-state index is 12.4. The lowest BCUT2D eigenvalue weighted by Crippen LogP contribution is -2.47. The minimum Gasteiger partial charge on any atom is -0.486 e. The van der Waals surface area contributed by atoms with E-state index in [-0.39, 0.29) is 24.4 Å². The minimum atomic E-state index is -0.267. The monoisotopic (exact) mass is 401 g/mol. The number of hydrogen-bond donors (Lipinski definition) is 1. The Morgan fingerprint density at radius 1 is 1.19 bits per heavy atom. The predicted molar refractivity (Wildman–Crippen MR) is 99.7 cm³/mol. The van der Waals surface area contributed by atoms with Crippen molar-refractivity contribution in [3.8, 4) is 11.5 Å². The Bertz CT molecular complexity index is 667. The maximum absolute atomic E-state index is 12.4. The van der Waals surface area contributed by atoms with Crippen LogP contribution in [0.15, 0.2) is 18.2 Å². The molecule has 0 radical (unpaired) electrons. The van der Waals surface area contributed by atoms with E-state index in [1.807, 2.05) is 6.07 Å². The van der Waals surface area contributed by atoms with E-state index in [0.717, 1.165) is 5.69 Å². The molecule has 142 valence electrons. The number of benzene rings is 1. The summed E-state index contributed by atoms with van der Waals surface area (Å²) in [5.74, 6) is 1.92. The normalized spacial score (nSPS) is 18.8. The first-order chi connectivity index (χ1) is 12.6. The van der Waals surface area contributed by atoms with Crippen LogP contribution in [0, 0.1) is 0 Å². The molecule has 7 nitrogen and oxygen atoms in total. The van der Waals surface area contributed by atoms with Crippen molar-refractivity contribution in [2.45, 2.75) is 12.5 Å². The molecule has 0 bridgehead atoms. The van der Waals surface area contributed by atoms with Crippen molar-refractivity contribution in [3.05, 3.63) is 18.2 Å². The van der Waals surface area contributed by atoms with Crippen LogP contribution in [-0.2, 0) is 4.79 Å². The zero-order valence-corrected chi connectivity index (χ0v) is 15.8. The lowest BCUT2D eigenvalue weighted by Gasteiger charge is -2.24. The third-order valence-electron chi connectivity index (χ3n) is 4.29. The number of halogens is 2. The number of amides is 3. The average molecular weight is 402 g/mol. The van der Waals surface area contributed by atoms with E-state index in [2.05, 4.69) is 5.32 Å². The van der Waals surface area contributed by atoms with Crippen molar-refractivity contribution in [3.63, 3.8) is 0 Å². The smallest absolute Gasteiger partial charge is 0.317 e. The largest absolute Gasteiger partial charge is 0.486 e. The molecule has 1 saturated heterocycles. The molecule has 2 aliphatic rings. The van der Waals surface area contributed by atoms with Crippen LogP contribution >= 0.6 is 23.2 Å². The summed E-state index contributed by atoms with van der Waals surface area (Å²) in [7, 11) is 0. The molecule has 9 heteroatoms. The van der Waals surface area contributed by atoms with Crippen molar-refractivity contribution in [2.75, 3.05) is 49.5 Å². The highest BCUT2D eigenvalue weighted by Crippen LogP contribution is 2.35. The number of alkyl halides is 2. The second-order valence-corrected chi connectivity index (χ2v) is 6.80. The van der Waals surface area contributed by atoms with Gasteiger partial charge in [-0.1, -0.05) is 0 Å². The maximum Gasteiger partial charge on any atom is 0.317 e. The van der Waals surface area contributed by atoms with E-state index < -0.39 is 0 Å². The van der Waals surface area contributed by atoms with E-state index in [1.165, 1.54) is 0 Å². The summed E-state index contributed by atoms with van der Waals surface area (Å²) in [6.07, 6.45) is 0.246. The zero-order chi connectivity index (χ0) is 18.5. The molecule has 3 rings (SSSR count). The average Bonchev–Trinajstić information content (AvgIpc) is 3.01. The second-order valence-electron chi connectivity index (χ2n) is 6.05. The number of nitrogens with one attached hydrogen (secondary N) is 1. The topological polar surface area (TPSA) is 71.1 Å². The highest BCUT2D eigenvalue weighted by atomic mass is 35.5. The van der Waals surface area contributed by atoms with Crippen LogP contribution in [0.1, 0.15) is 6.42 Å². The fraction of sp³-hybridized carbons (Fsp3) is 0.529. The lowest BCUT2D eigenvalue weighted by atomic mass is 10.2. The number of anilines is 1. The molecular weight excluding hydrogens is 381 g/mol. The van der Waals surface area contributed by atoms with E-state index in [4.69, 9.17) is 32.7 Å². The van der Waals surface area contributed by atoms with E-state index >= 15 is 0 Å². The summed E-state index contributed by atoms with van der Waals surface area (Å²) in [6, 6.07) is 4.89. The van der Waals surface area contributed by atoms with Crippen molar-refractivity contribution in [1.29, 1.82) is 0 Å². The fourth-order valence-electron chi connectivity index (χ4n) is 3.04. The minimum absolute atomic E-state index is 0.0479. The quantitative estimate of drug-likeness (QED) is 0.740. The Morgan fingerprint density at radius 3 is 2.58 bits per heavy atom. The molecule has 2 heterocycles. The van der Waals surface area contributed by atoms with E-state index in [0.29, 0.717) is 56.1 Å². The second kappa shape index (κ2) is 8.68. The summed E-state index contributed by atoms with van der Waals surface area (Å²) in [5, 5.41) is 2.89. The molecule has 0 aromatic heterocycles. The van der Waals surface area contributed by atoms with Gasteiger partial charge in [0.1, 0.15) is 13.2 Å². The van der Waals surface area contributed by atoms with Crippen LogP contribution < -0.4 is 19.7 Å². The van der Waals surface area contributed by atoms with Gasteiger partial charge in [0.2, 0.25) is 5.91 Å². The third kappa shape index (κ3) is 4.27. The van der Waals surface area contributed by atoms with Gasteiger partial charge in [-0.05, 0) is 12.1 Å². The van der Waals surface area contributed by atoms with Gasteiger partial charge in [0.25, 0.3) is 0 Å². The Kier molecular flexibility index (Phi) is 6.32. The number of urea groups is 1. The first kappa shape index (κ1) is 18.9. The van der Waals surface area contributed by atoms with Crippen molar-refractivity contribution >= 4 is 40.8 Å². The molecule has 0 saturated carbocycles. The Morgan fingerprint density at radius 2 is 1.88 bits per heavy atom. The predicted octanol–water partition coefficient (Wildman–Crippen LogP) is 2.05. The van der Waals surface area contributed by atoms with Gasteiger partial charge in [0.15, 0.2) is 11.5 Å². The van der Waals surface area contributed by atoms with Crippen molar-refractivity contribution < 1.29 is 19.1 Å². The number of carbonyl (C=O) groups is 2. The molecule has 2 aliphatic heterocycles. The van der Waals surface area contributed by atoms with Crippen LogP contribution in [0.2, 0.25) is 0 Å². The molecular formula is C17H21Cl2N3O4. The molecule has 0 spiro atoms. The van der Waals surface area contributed by atoms with Gasteiger partial charge in [-0.2, -0.15) is 0 Å². The van der Waals surface area contributed by atoms with Crippen LogP contribution in [0.3, 0.4) is 0 Å². The molecule has 1 atom stereocenters. The van der Waals surface area contributed by atoms with Crippen LogP contribution in [0.5, 0.6) is 11.5 Å². The zero-order valence-electron chi connectivity index (χ0n) is 14.2. The standard InChI is InChI=1S/C17H21Cl2N3O4/c18-3-5-21(6-4-19)17(24)20-12-9-16(23)22(11-12)13-1-2-14-15(10-13)26-8-7-25-14/h1-2,10,12H,3-9,11H2,(H,20,24). The van der Waals surface area contributed by atoms with E-state index in [1.54, 1.807) is 21.9 Å². The lowest BCUT2D eigenvalue weighted by molar-refractivity contribution is -0.117. The highest BCUT2D eigenvalue weighted by molar-refractivity contribution is 6.18. The number of hydrogen-bond acceptors (Lipinski definition) is 4.